The zero-order chi connectivity index (χ0) is 18.8. The van der Waals surface area contributed by atoms with E-state index >= 15 is 0 Å². The van der Waals surface area contributed by atoms with Crippen molar-refractivity contribution in [2.45, 2.75) is 38.3 Å². The summed E-state index contributed by atoms with van der Waals surface area (Å²) in [6.45, 7) is 2.44. The number of hydrogen-bond donors (Lipinski definition) is 2. The first-order valence-electron chi connectivity index (χ1n) is 9.60. The van der Waals surface area contributed by atoms with Gasteiger partial charge in [0.2, 0.25) is 0 Å². The summed E-state index contributed by atoms with van der Waals surface area (Å²) >= 11 is 3.54. The van der Waals surface area contributed by atoms with Gasteiger partial charge in [-0.3, -0.25) is 4.79 Å². The van der Waals surface area contributed by atoms with Crippen molar-refractivity contribution in [3.8, 4) is 11.3 Å². The average Bonchev–Trinajstić information content (AvgIpc) is 3.10. The lowest BCUT2D eigenvalue weighted by Gasteiger charge is -2.27. The molecule has 2 aliphatic rings. The van der Waals surface area contributed by atoms with E-state index in [2.05, 4.69) is 21.2 Å². The molecule has 1 amide bonds. The standard InChI is InChI=1S/C21H24BrN3O2/c22-16-6-4-5-14(11-16)20-19-15(13-23-17(19)7-10-26)12-18(24-20)21(27)25-8-2-1-3-9-25/h4-6,11-12,17,23,26H,1-3,7-10,13H2/t17-/m0/s1. The summed E-state index contributed by atoms with van der Waals surface area (Å²) in [4.78, 5) is 19.8. The van der Waals surface area contributed by atoms with Crippen LogP contribution >= 0.6 is 15.9 Å². The number of hydrogen-bond acceptors (Lipinski definition) is 4. The van der Waals surface area contributed by atoms with Gasteiger partial charge < -0.3 is 15.3 Å². The number of carbonyl (C=O) groups is 1. The molecule has 0 spiro atoms. The number of amides is 1. The Bertz CT molecular complexity index is 849. The zero-order valence-corrected chi connectivity index (χ0v) is 16.8. The molecule has 0 radical (unpaired) electrons. The monoisotopic (exact) mass is 429 g/mol. The van der Waals surface area contributed by atoms with Crippen LogP contribution in [-0.4, -0.2) is 40.6 Å². The van der Waals surface area contributed by atoms with Crippen LogP contribution < -0.4 is 5.32 Å². The van der Waals surface area contributed by atoms with Gasteiger partial charge in [-0.2, -0.15) is 0 Å². The number of fused-ring (bicyclic) bond motifs is 1. The van der Waals surface area contributed by atoms with E-state index in [9.17, 15) is 9.90 Å². The van der Waals surface area contributed by atoms with Crippen LogP contribution in [0.4, 0.5) is 0 Å². The summed E-state index contributed by atoms with van der Waals surface area (Å²) in [6.07, 6.45) is 3.96. The molecule has 2 N–H and O–H groups in total. The minimum Gasteiger partial charge on any atom is -0.396 e. The second-order valence-corrected chi connectivity index (χ2v) is 8.15. The lowest BCUT2D eigenvalue weighted by molar-refractivity contribution is 0.0718. The number of piperidine rings is 1. The first-order valence-corrected chi connectivity index (χ1v) is 10.4. The van der Waals surface area contributed by atoms with Crippen LogP contribution in [0, 0.1) is 0 Å². The molecule has 4 rings (SSSR count). The SMILES string of the molecule is O=C(c1cc2c(c(-c3cccc(Br)c3)n1)[C@H](CCO)NC2)N1CCCCC1. The molecule has 1 aromatic carbocycles. The Balaban J connectivity index is 1.79. The summed E-state index contributed by atoms with van der Waals surface area (Å²) < 4.78 is 0.980. The molecule has 1 saturated heterocycles. The maximum absolute atomic E-state index is 13.1. The molecule has 0 bridgehead atoms. The quantitative estimate of drug-likeness (QED) is 0.777. The number of aliphatic hydroxyl groups is 1. The lowest BCUT2D eigenvalue weighted by Crippen LogP contribution is -2.36. The summed E-state index contributed by atoms with van der Waals surface area (Å²) in [5.41, 5.74) is 4.58. The molecule has 6 heteroatoms. The van der Waals surface area contributed by atoms with Crippen molar-refractivity contribution >= 4 is 21.8 Å². The zero-order valence-electron chi connectivity index (χ0n) is 15.2. The molecule has 27 heavy (non-hydrogen) atoms. The summed E-state index contributed by atoms with van der Waals surface area (Å²) in [6, 6.07) is 10.0. The van der Waals surface area contributed by atoms with Gasteiger partial charge >= 0.3 is 0 Å². The first-order chi connectivity index (χ1) is 13.2. The van der Waals surface area contributed by atoms with Crippen molar-refractivity contribution in [2.75, 3.05) is 19.7 Å². The largest absolute Gasteiger partial charge is 0.396 e. The van der Waals surface area contributed by atoms with Crippen molar-refractivity contribution in [1.29, 1.82) is 0 Å². The highest BCUT2D eigenvalue weighted by molar-refractivity contribution is 9.10. The number of benzene rings is 1. The Labute approximate surface area is 167 Å². The van der Waals surface area contributed by atoms with Crippen molar-refractivity contribution in [3.05, 3.63) is 51.6 Å². The normalized spacial score (nSPS) is 19.2. The molecule has 2 aromatic rings. The van der Waals surface area contributed by atoms with Gasteiger partial charge in [0.15, 0.2) is 0 Å². The van der Waals surface area contributed by atoms with E-state index in [1.165, 1.54) is 6.42 Å². The van der Waals surface area contributed by atoms with E-state index < -0.39 is 0 Å². The predicted octanol–water partition coefficient (Wildman–Crippen LogP) is 3.66. The second kappa shape index (κ2) is 8.09. The van der Waals surface area contributed by atoms with Gasteiger partial charge in [-0.1, -0.05) is 28.1 Å². The lowest BCUT2D eigenvalue weighted by atomic mass is 9.96. The molecule has 0 aliphatic carbocycles. The molecular weight excluding hydrogens is 406 g/mol. The summed E-state index contributed by atoms with van der Waals surface area (Å²) in [5, 5.41) is 12.9. The van der Waals surface area contributed by atoms with E-state index in [1.54, 1.807) is 0 Å². The summed E-state index contributed by atoms with van der Waals surface area (Å²) in [5.74, 6) is 0.0272. The number of pyridine rings is 1. The fraction of sp³-hybridized carbons (Fsp3) is 0.429. The van der Waals surface area contributed by atoms with Crippen molar-refractivity contribution in [1.82, 2.24) is 15.2 Å². The maximum atomic E-state index is 13.1. The minimum absolute atomic E-state index is 0.0272. The predicted molar refractivity (Wildman–Crippen MR) is 108 cm³/mol. The molecule has 0 saturated carbocycles. The molecule has 5 nitrogen and oxygen atoms in total. The van der Waals surface area contributed by atoms with E-state index in [0.717, 1.165) is 52.8 Å². The number of nitrogens with one attached hydrogen (secondary N) is 1. The van der Waals surface area contributed by atoms with E-state index in [0.29, 0.717) is 18.7 Å². The highest BCUT2D eigenvalue weighted by Crippen LogP contribution is 2.37. The number of aliphatic hydroxyl groups excluding tert-OH is 1. The smallest absolute Gasteiger partial charge is 0.272 e. The average molecular weight is 430 g/mol. The molecule has 142 valence electrons. The Morgan fingerprint density at radius 3 is 2.81 bits per heavy atom. The van der Waals surface area contributed by atoms with Crippen LogP contribution in [0.15, 0.2) is 34.8 Å². The van der Waals surface area contributed by atoms with Crippen LogP contribution in [0.1, 0.15) is 53.3 Å². The van der Waals surface area contributed by atoms with Crippen LogP contribution in [0.2, 0.25) is 0 Å². The number of rotatable bonds is 4. The molecule has 3 heterocycles. The fourth-order valence-corrected chi connectivity index (χ4v) is 4.48. The van der Waals surface area contributed by atoms with E-state index in [1.807, 2.05) is 35.2 Å². The number of carbonyl (C=O) groups excluding carboxylic acids is 1. The summed E-state index contributed by atoms with van der Waals surface area (Å²) in [7, 11) is 0. The van der Waals surface area contributed by atoms with Crippen LogP contribution in [0.5, 0.6) is 0 Å². The third-order valence-electron chi connectivity index (χ3n) is 5.41. The minimum atomic E-state index is 0.0272. The van der Waals surface area contributed by atoms with Crippen LogP contribution in [-0.2, 0) is 6.54 Å². The number of aromatic nitrogens is 1. The van der Waals surface area contributed by atoms with Gasteiger partial charge in [-0.25, -0.2) is 4.98 Å². The Morgan fingerprint density at radius 1 is 1.26 bits per heavy atom. The van der Waals surface area contributed by atoms with Gasteiger partial charge in [0.05, 0.1) is 5.69 Å². The van der Waals surface area contributed by atoms with Gasteiger partial charge in [0, 0.05) is 42.3 Å². The molecule has 2 aliphatic heterocycles. The molecular formula is C21H24BrN3O2. The molecule has 1 fully saturated rings. The number of halogens is 1. The Kier molecular flexibility index (Phi) is 5.57. The second-order valence-electron chi connectivity index (χ2n) is 7.24. The van der Waals surface area contributed by atoms with Crippen LogP contribution in [0.3, 0.4) is 0 Å². The number of likely N-dealkylation sites (tertiary alicyclic amines) is 1. The van der Waals surface area contributed by atoms with E-state index in [-0.39, 0.29) is 18.6 Å². The van der Waals surface area contributed by atoms with Crippen molar-refractivity contribution in [2.24, 2.45) is 0 Å². The topological polar surface area (TPSA) is 65.5 Å². The number of nitrogens with zero attached hydrogens (tertiary/aromatic N) is 2. The third kappa shape index (κ3) is 3.79. The van der Waals surface area contributed by atoms with Gasteiger partial charge in [-0.05, 0) is 55.0 Å². The third-order valence-corrected chi connectivity index (χ3v) is 5.90. The maximum Gasteiger partial charge on any atom is 0.272 e. The molecule has 1 atom stereocenters. The Morgan fingerprint density at radius 2 is 2.07 bits per heavy atom. The highest BCUT2D eigenvalue weighted by Gasteiger charge is 2.29. The van der Waals surface area contributed by atoms with Crippen LogP contribution in [0.25, 0.3) is 11.3 Å². The van der Waals surface area contributed by atoms with Gasteiger partial charge in [0.1, 0.15) is 5.69 Å². The molecule has 1 aromatic heterocycles. The first kappa shape index (κ1) is 18.6. The van der Waals surface area contributed by atoms with Crippen molar-refractivity contribution in [3.63, 3.8) is 0 Å². The van der Waals surface area contributed by atoms with Crippen molar-refractivity contribution < 1.29 is 9.90 Å². The van der Waals surface area contributed by atoms with Gasteiger partial charge in [0.25, 0.3) is 5.91 Å². The van der Waals surface area contributed by atoms with Gasteiger partial charge in [-0.15, -0.1) is 0 Å². The fourth-order valence-electron chi connectivity index (χ4n) is 4.08. The van der Waals surface area contributed by atoms with E-state index in [4.69, 9.17) is 4.98 Å². The Hall–Kier alpha value is -1.76. The molecule has 0 unspecified atom stereocenters. The highest BCUT2D eigenvalue weighted by atomic mass is 79.9.